The minimum Gasteiger partial charge on any atom is -0.337 e. The highest BCUT2D eigenvalue weighted by Gasteiger charge is 2.33. The average molecular weight is 372 g/mol. The van der Waals surface area contributed by atoms with Crippen molar-refractivity contribution >= 4 is 27.3 Å². The van der Waals surface area contributed by atoms with E-state index in [0.29, 0.717) is 25.0 Å². The molecule has 6 nitrogen and oxygen atoms in total. The maximum Gasteiger partial charge on any atom is 0.227 e. The van der Waals surface area contributed by atoms with Gasteiger partial charge in [-0.05, 0) is 44.4 Å². The van der Waals surface area contributed by atoms with Gasteiger partial charge in [-0.25, -0.2) is 13.4 Å². The summed E-state index contributed by atoms with van der Waals surface area (Å²) in [4.78, 5) is 13.5. The standard InChI is InChI=1S/C19H24N4O2S/c1-3-22(16-9-11-26(24,25)13-16)19-20-10-8-18(21-19)23-14(2)12-15-6-4-5-7-17(15)23/h4-8,10,14,16H,3,9,11-13H2,1-2H3. The van der Waals surface area contributed by atoms with Gasteiger partial charge in [-0.1, -0.05) is 18.2 Å². The molecule has 1 aromatic heterocycles. The van der Waals surface area contributed by atoms with Crippen LogP contribution in [0.1, 0.15) is 25.8 Å². The molecule has 26 heavy (non-hydrogen) atoms. The van der Waals surface area contributed by atoms with E-state index in [1.807, 2.05) is 24.0 Å². The van der Waals surface area contributed by atoms with E-state index < -0.39 is 9.84 Å². The van der Waals surface area contributed by atoms with Crippen LogP contribution >= 0.6 is 0 Å². The van der Waals surface area contributed by atoms with Crippen LogP contribution in [0.5, 0.6) is 0 Å². The quantitative estimate of drug-likeness (QED) is 0.822. The first-order valence-electron chi connectivity index (χ1n) is 9.16. The van der Waals surface area contributed by atoms with Gasteiger partial charge in [-0.3, -0.25) is 0 Å². The summed E-state index contributed by atoms with van der Waals surface area (Å²) in [5.74, 6) is 1.93. The molecule has 0 saturated carbocycles. The summed E-state index contributed by atoms with van der Waals surface area (Å²) in [5, 5.41) is 0. The number of rotatable bonds is 4. The number of para-hydroxylation sites is 1. The molecule has 0 N–H and O–H groups in total. The predicted molar refractivity (Wildman–Crippen MR) is 104 cm³/mol. The van der Waals surface area contributed by atoms with Gasteiger partial charge in [0.25, 0.3) is 0 Å². The molecule has 2 aliphatic rings. The van der Waals surface area contributed by atoms with E-state index in [1.54, 1.807) is 6.20 Å². The van der Waals surface area contributed by atoms with Crippen LogP contribution in [0, 0.1) is 0 Å². The van der Waals surface area contributed by atoms with Crippen molar-refractivity contribution in [3.63, 3.8) is 0 Å². The zero-order valence-corrected chi connectivity index (χ0v) is 16.0. The molecule has 3 heterocycles. The minimum absolute atomic E-state index is 0.0384. The first-order chi connectivity index (χ1) is 12.5. The van der Waals surface area contributed by atoms with E-state index in [1.165, 1.54) is 11.3 Å². The second-order valence-electron chi connectivity index (χ2n) is 7.11. The van der Waals surface area contributed by atoms with E-state index in [0.717, 1.165) is 12.2 Å². The molecule has 1 aromatic carbocycles. The Morgan fingerprint density at radius 2 is 2.08 bits per heavy atom. The molecule has 0 aliphatic carbocycles. The zero-order chi connectivity index (χ0) is 18.3. The van der Waals surface area contributed by atoms with Gasteiger partial charge < -0.3 is 9.80 Å². The smallest absolute Gasteiger partial charge is 0.227 e. The van der Waals surface area contributed by atoms with Gasteiger partial charge >= 0.3 is 0 Å². The third kappa shape index (κ3) is 3.05. The SMILES string of the molecule is CCN(c1nccc(N2c3ccccc3CC2C)n1)C1CCS(=O)(=O)C1. The number of anilines is 3. The molecular formula is C19H24N4O2S. The zero-order valence-electron chi connectivity index (χ0n) is 15.2. The molecule has 0 spiro atoms. The molecule has 2 aliphatic heterocycles. The molecule has 1 fully saturated rings. The summed E-state index contributed by atoms with van der Waals surface area (Å²) in [5.41, 5.74) is 2.52. The molecule has 1 saturated heterocycles. The number of hydrogen-bond acceptors (Lipinski definition) is 6. The van der Waals surface area contributed by atoms with Crippen LogP contribution in [0.25, 0.3) is 0 Å². The Morgan fingerprint density at radius 1 is 1.27 bits per heavy atom. The summed E-state index contributed by atoms with van der Waals surface area (Å²) in [6.45, 7) is 4.91. The number of fused-ring (bicyclic) bond motifs is 1. The van der Waals surface area contributed by atoms with E-state index in [-0.39, 0.29) is 17.5 Å². The van der Waals surface area contributed by atoms with Gasteiger partial charge in [0.05, 0.1) is 11.5 Å². The van der Waals surface area contributed by atoms with Crippen molar-refractivity contribution in [3.05, 3.63) is 42.1 Å². The summed E-state index contributed by atoms with van der Waals surface area (Å²) in [7, 11) is -2.94. The number of benzene rings is 1. The Bertz CT molecular complexity index is 915. The molecule has 138 valence electrons. The molecule has 2 unspecified atom stereocenters. The fourth-order valence-corrected chi connectivity index (χ4v) is 5.84. The van der Waals surface area contributed by atoms with Crippen molar-refractivity contribution in [3.8, 4) is 0 Å². The van der Waals surface area contributed by atoms with Gasteiger partial charge in [-0.15, -0.1) is 0 Å². The van der Waals surface area contributed by atoms with Crippen LogP contribution in [-0.4, -0.2) is 48.5 Å². The predicted octanol–water partition coefficient (Wildman–Crippen LogP) is 2.57. The second-order valence-corrected chi connectivity index (χ2v) is 9.34. The molecular weight excluding hydrogens is 348 g/mol. The van der Waals surface area contributed by atoms with Crippen LogP contribution in [0.3, 0.4) is 0 Å². The number of aromatic nitrogens is 2. The third-order valence-corrected chi connectivity index (χ3v) is 7.08. The van der Waals surface area contributed by atoms with Crippen molar-refractivity contribution in [1.29, 1.82) is 0 Å². The van der Waals surface area contributed by atoms with Gasteiger partial charge in [0.1, 0.15) is 5.82 Å². The molecule has 0 amide bonds. The molecule has 4 rings (SSSR count). The summed E-state index contributed by atoms with van der Waals surface area (Å²) >= 11 is 0. The first-order valence-corrected chi connectivity index (χ1v) is 11.0. The number of sulfone groups is 1. The van der Waals surface area contributed by atoms with Crippen LogP contribution < -0.4 is 9.80 Å². The molecule has 0 bridgehead atoms. The summed E-state index contributed by atoms with van der Waals surface area (Å²) in [6.07, 6.45) is 3.41. The first kappa shape index (κ1) is 17.3. The highest BCUT2D eigenvalue weighted by atomic mass is 32.2. The average Bonchev–Trinajstić information content (AvgIpc) is 3.14. The third-order valence-electron chi connectivity index (χ3n) is 5.33. The highest BCUT2D eigenvalue weighted by molar-refractivity contribution is 7.91. The Labute approximate surface area is 154 Å². The van der Waals surface area contributed by atoms with Gasteiger partial charge in [0.15, 0.2) is 9.84 Å². The lowest BCUT2D eigenvalue weighted by molar-refractivity contribution is 0.599. The molecule has 2 aromatic rings. The largest absolute Gasteiger partial charge is 0.337 e. The summed E-state index contributed by atoms with van der Waals surface area (Å²) < 4.78 is 23.7. The van der Waals surface area contributed by atoms with Crippen LogP contribution in [-0.2, 0) is 16.3 Å². The van der Waals surface area contributed by atoms with Crippen LogP contribution in [0.15, 0.2) is 36.5 Å². The highest BCUT2D eigenvalue weighted by Crippen LogP contribution is 2.37. The van der Waals surface area contributed by atoms with E-state index >= 15 is 0 Å². The van der Waals surface area contributed by atoms with Crippen molar-refractivity contribution in [1.82, 2.24) is 9.97 Å². The van der Waals surface area contributed by atoms with Gasteiger partial charge in [0, 0.05) is 30.5 Å². The van der Waals surface area contributed by atoms with Crippen molar-refractivity contribution < 1.29 is 8.42 Å². The number of nitrogens with zero attached hydrogens (tertiary/aromatic N) is 4. The summed E-state index contributed by atoms with van der Waals surface area (Å²) in [6, 6.07) is 10.6. The Kier molecular flexibility index (Phi) is 4.34. The van der Waals surface area contributed by atoms with Crippen molar-refractivity contribution in [2.45, 2.75) is 38.8 Å². The van der Waals surface area contributed by atoms with E-state index in [4.69, 9.17) is 4.98 Å². The maximum absolute atomic E-state index is 11.9. The Morgan fingerprint density at radius 3 is 2.81 bits per heavy atom. The Hall–Kier alpha value is -2.15. The number of hydrogen-bond donors (Lipinski definition) is 0. The minimum atomic E-state index is -2.94. The van der Waals surface area contributed by atoms with E-state index in [2.05, 4.69) is 35.0 Å². The van der Waals surface area contributed by atoms with Crippen molar-refractivity contribution in [2.24, 2.45) is 0 Å². The van der Waals surface area contributed by atoms with E-state index in [9.17, 15) is 8.42 Å². The fourth-order valence-electron chi connectivity index (χ4n) is 4.11. The second kappa shape index (κ2) is 6.54. The lowest BCUT2D eigenvalue weighted by Crippen LogP contribution is -2.37. The fraction of sp³-hybridized carbons (Fsp3) is 0.474. The molecule has 0 radical (unpaired) electrons. The van der Waals surface area contributed by atoms with Crippen molar-refractivity contribution in [2.75, 3.05) is 27.9 Å². The Balaban J connectivity index is 1.67. The maximum atomic E-state index is 11.9. The van der Waals surface area contributed by atoms with Crippen LogP contribution in [0.2, 0.25) is 0 Å². The lowest BCUT2D eigenvalue weighted by atomic mass is 10.1. The van der Waals surface area contributed by atoms with Gasteiger partial charge in [-0.2, -0.15) is 4.98 Å². The van der Waals surface area contributed by atoms with Crippen LogP contribution in [0.4, 0.5) is 17.5 Å². The lowest BCUT2D eigenvalue weighted by Gasteiger charge is -2.29. The topological polar surface area (TPSA) is 66.4 Å². The molecule has 7 heteroatoms. The normalized spacial score (nSPS) is 23.8. The monoisotopic (exact) mass is 372 g/mol. The molecule has 2 atom stereocenters. The van der Waals surface area contributed by atoms with Gasteiger partial charge in [0.2, 0.25) is 5.95 Å².